The van der Waals surface area contributed by atoms with Crippen LogP contribution in [0.3, 0.4) is 0 Å². The number of hydrogen-bond acceptors (Lipinski definition) is 0. The Balaban J connectivity index is 1.09. The highest BCUT2D eigenvalue weighted by molar-refractivity contribution is 6.21. The third kappa shape index (κ3) is 5.07. The molecule has 0 N–H and O–H groups in total. The second kappa shape index (κ2) is 12.7. The van der Waals surface area contributed by atoms with Gasteiger partial charge < -0.3 is 0 Å². The van der Waals surface area contributed by atoms with Gasteiger partial charge in [-0.1, -0.05) is 206 Å². The third-order valence-corrected chi connectivity index (χ3v) is 11.1. The molecule has 0 heterocycles. The quantitative estimate of drug-likeness (QED) is 0.161. The maximum Gasteiger partial charge on any atom is 0.0125 e. The number of benzene rings is 8. The number of hydrogen-bond donors (Lipinski definition) is 0. The SMILES string of the molecule is C1=CC2=CC=CC(c3ccc(-c4c5ccccc5c(-c5ccc(-c6ccc7ccccc7c6-c6ccccc6)cc5)c5ccccc45)cc3)C2C=C1. The zero-order chi connectivity index (χ0) is 34.4. The molecule has 2 aliphatic carbocycles. The molecule has 2 unspecified atom stereocenters. The molecule has 0 aromatic heterocycles. The molecule has 0 radical (unpaired) electrons. The van der Waals surface area contributed by atoms with Crippen LogP contribution in [-0.4, -0.2) is 0 Å². The van der Waals surface area contributed by atoms with Gasteiger partial charge in [-0.2, -0.15) is 0 Å². The van der Waals surface area contributed by atoms with E-state index in [0.29, 0.717) is 11.8 Å². The number of allylic oxidation sites excluding steroid dienone is 8. The molecule has 0 saturated carbocycles. The van der Waals surface area contributed by atoms with Crippen molar-refractivity contribution in [1.82, 2.24) is 0 Å². The number of fused-ring (bicyclic) bond motifs is 4. The molecule has 0 bridgehead atoms. The molecule has 0 heteroatoms. The summed E-state index contributed by atoms with van der Waals surface area (Å²) in [5, 5.41) is 7.62. The predicted octanol–water partition coefficient (Wildman–Crippen LogP) is 14.1. The maximum absolute atomic E-state index is 2.35. The van der Waals surface area contributed by atoms with E-state index in [1.54, 1.807) is 0 Å². The summed E-state index contributed by atoms with van der Waals surface area (Å²) in [5.41, 5.74) is 12.8. The topological polar surface area (TPSA) is 0 Å². The van der Waals surface area contributed by atoms with E-state index < -0.39 is 0 Å². The minimum atomic E-state index is 0.340. The van der Waals surface area contributed by atoms with E-state index in [0.717, 1.165) is 0 Å². The lowest BCUT2D eigenvalue weighted by Crippen LogP contribution is -2.14. The minimum absolute atomic E-state index is 0.340. The molecule has 10 rings (SSSR count). The van der Waals surface area contributed by atoms with Crippen LogP contribution in [0.4, 0.5) is 0 Å². The second-order valence-electron chi connectivity index (χ2n) is 14.0. The van der Waals surface area contributed by atoms with Gasteiger partial charge in [-0.15, -0.1) is 0 Å². The molecule has 0 saturated heterocycles. The van der Waals surface area contributed by atoms with Gasteiger partial charge in [0.1, 0.15) is 0 Å². The first-order chi connectivity index (χ1) is 25.8. The molecule has 2 aliphatic rings. The van der Waals surface area contributed by atoms with Gasteiger partial charge in [0.25, 0.3) is 0 Å². The van der Waals surface area contributed by atoms with E-state index in [1.807, 2.05) is 0 Å². The normalized spacial score (nSPS) is 16.3. The van der Waals surface area contributed by atoms with Crippen LogP contribution in [0.1, 0.15) is 11.5 Å². The molecule has 0 nitrogen and oxygen atoms in total. The van der Waals surface area contributed by atoms with Crippen LogP contribution in [0.25, 0.3) is 76.8 Å². The van der Waals surface area contributed by atoms with Gasteiger partial charge in [-0.05, 0) is 88.0 Å². The fourth-order valence-corrected chi connectivity index (χ4v) is 8.66. The molecule has 0 fully saturated rings. The lowest BCUT2D eigenvalue weighted by molar-refractivity contribution is 0.670. The Labute approximate surface area is 305 Å². The molecule has 0 aliphatic heterocycles. The lowest BCUT2D eigenvalue weighted by atomic mass is 9.76. The van der Waals surface area contributed by atoms with Crippen LogP contribution < -0.4 is 0 Å². The molecule has 2 atom stereocenters. The largest absolute Gasteiger partial charge is 0.0761 e. The fraction of sp³-hybridized carbons (Fsp3) is 0.0385. The van der Waals surface area contributed by atoms with Crippen molar-refractivity contribution < 1.29 is 0 Å². The molecule has 0 amide bonds. The number of rotatable bonds is 5. The van der Waals surface area contributed by atoms with Crippen molar-refractivity contribution in [2.45, 2.75) is 5.92 Å². The van der Waals surface area contributed by atoms with Crippen LogP contribution in [-0.2, 0) is 0 Å². The van der Waals surface area contributed by atoms with Crippen LogP contribution >= 0.6 is 0 Å². The van der Waals surface area contributed by atoms with Gasteiger partial charge in [0.15, 0.2) is 0 Å². The van der Waals surface area contributed by atoms with Crippen LogP contribution in [0.5, 0.6) is 0 Å². The average molecular weight is 661 g/mol. The van der Waals surface area contributed by atoms with Gasteiger partial charge in [0, 0.05) is 11.8 Å². The van der Waals surface area contributed by atoms with E-state index in [-0.39, 0.29) is 0 Å². The van der Waals surface area contributed by atoms with Crippen LogP contribution in [0.2, 0.25) is 0 Å². The first kappa shape index (κ1) is 30.3. The van der Waals surface area contributed by atoms with Gasteiger partial charge >= 0.3 is 0 Å². The van der Waals surface area contributed by atoms with Gasteiger partial charge in [0.2, 0.25) is 0 Å². The van der Waals surface area contributed by atoms with Gasteiger partial charge in [0.05, 0.1) is 0 Å². The van der Waals surface area contributed by atoms with E-state index in [1.165, 1.54) is 88.0 Å². The summed E-state index contributed by atoms with van der Waals surface area (Å²) in [6, 6.07) is 60.5. The molecule has 52 heavy (non-hydrogen) atoms. The third-order valence-electron chi connectivity index (χ3n) is 11.1. The Hall–Kier alpha value is -6.50. The summed E-state index contributed by atoms with van der Waals surface area (Å²) < 4.78 is 0. The first-order valence-corrected chi connectivity index (χ1v) is 18.3. The van der Waals surface area contributed by atoms with E-state index >= 15 is 0 Å². The highest BCUT2D eigenvalue weighted by Crippen LogP contribution is 2.46. The van der Waals surface area contributed by atoms with Crippen LogP contribution in [0, 0.1) is 5.92 Å². The summed E-state index contributed by atoms with van der Waals surface area (Å²) in [6.45, 7) is 0. The highest BCUT2D eigenvalue weighted by atomic mass is 14.3. The van der Waals surface area contributed by atoms with Gasteiger partial charge in [-0.25, -0.2) is 0 Å². The van der Waals surface area contributed by atoms with E-state index in [2.05, 4.69) is 206 Å². The molecule has 8 aromatic rings. The van der Waals surface area contributed by atoms with Crippen LogP contribution in [0.15, 0.2) is 212 Å². The summed E-state index contributed by atoms with van der Waals surface area (Å²) in [6.07, 6.45) is 15.7. The highest BCUT2D eigenvalue weighted by Gasteiger charge is 2.25. The Morgan fingerprint density at radius 3 is 1.50 bits per heavy atom. The zero-order valence-corrected chi connectivity index (χ0v) is 28.8. The fourth-order valence-electron chi connectivity index (χ4n) is 8.66. The standard InChI is InChI=1S/C52H36/c1-2-15-39(16-3-1)50-44-19-7-5-14-36(44)33-34-45(50)38-27-31-41(32-28-38)52-48-22-10-8-20-46(48)51(47-21-9-11-23-49(47)52)40-29-25-37(26-30-40)43-24-12-17-35-13-4-6-18-42(35)43/h1-34,42-43H. The summed E-state index contributed by atoms with van der Waals surface area (Å²) in [4.78, 5) is 0. The Morgan fingerprint density at radius 2 is 0.846 bits per heavy atom. The van der Waals surface area contributed by atoms with Crippen molar-refractivity contribution in [3.63, 3.8) is 0 Å². The molecular formula is C52H36. The van der Waals surface area contributed by atoms with Crippen molar-refractivity contribution in [2.24, 2.45) is 5.92 Å². The monoisotopic (exact) mass is 660 g/mol. The zero-order valence-electron chi connectivity index (χ0n) is 28.8. The van der Waals surface area contributed by atoms with Gasteiger partial charge in [-0.3, -0.25) is 0 Å². The molecular weight excluding hydrogens is 625 g/mol. The smallest absolute Gasteiger partial charge is 0.0125 e. The van der Waals surface area contributed by atoms with Crippen molar-refractivity contribution in [1.29, 1.82) is 0 Å². The Morgan fingerprint density at radius 1 is 0.327 bits per heavy atom. The Kier molecular flexibility index (Phi) is 7.40. The average Bonchev–Trinajstić information content (AvgIpc) is 3.22. The van der Waals surface area contributed by atoms with Crippen molar-refractivity contribution in [2.75, 3.05) is 0 Å². The van der Waals surface area contributed by atoms with E-state index in [4.69, 9.17) is 0 Å². The maximum atomic E-state index is 2.35. The van der Waals surface area contributed by atoms with E-state index in [9.17, 15) is 0 Å². The molecule has 244 valence electrons. The first-order valence-electron chi connectivity index (χ1n) is 18.3. The van der Waals surface area contributed by atoms with Crippen molar-refractivity contribution in [3.8, 4) is 44.5 Å². The summed E-state index contributed by atoms with van der Waals surface area (Å²) in [5.74, 6) is 0.729. The summed E-state index contributed by atoms with van der Waals surface area (Å²) >= 11 is 0. The molecule has 0 spiro atoms. The lowest BCUT2D eigenvalue weighted by Gasteiger charge is -2.28. The molecule has 8 aromatic carbocycles. The summed E-state index contributed by atoms with van der Waals surface area (Å²) in [7, 11) is 0. The second-order valence-corrected chi connectivity index (χ2v) is 14.0. The van der Waals surface area contributed by atoms with Crippen molar-refractivity contribution >= 4 is 32.3 Å². The Bertz CT molecular complexity index is 2700. The predicted molar refractivity (Wildman–Crippen MR) is 222 cm³/mol. The van der Waals surface area contributed by atoms with Crippen molar-refractivity contribution in [3.05, 3.63) is 217 Å². The minimum Gasteiger partial charge on any atom is -0.0761 e.